The highest BCUT2D eigenvalue weighted by atomic mass is 15.2. The summed E-state index contributed by atoms with van der Waals surface area (Å²) >= 11 is 0. The van der Waals surface area contributed by atoms with Crippen LogP contribution in [0.4, 0.5) is 11.8 Å². The van der Waals surface area contributed by atoms with Crippen LogP contribution in [0.25, 0.3) is 10.9 Å². The number of hydrogen-bond acceptors (Lipinski definition) is 5. The molecule has 5 heteroatoms. The Bertz CT molecular complexity index is 538. The summed E-state index contributed by atoms with van der Waals surface area (Å²) in [6, 6.07) is 8.06. The summed E-state index contributed by atoms with van der Waals surface area (Å²) in [6.07, 6.45) is 0. The highest BCUT2D eigenvalue weighted by Gasteiger charge is 2.06. The minimum Gasteiger partial charge on any atom is -0.368 e. The van der Waals surface area contributed by atoms with Gasteiger partial charge in [-0.25, -0.2) is 4.98 Å². The Morgan fingerprint density at radius 2 is 1.89 bits per heavy atom. The first-order valence-corrected chi connectivity index (χ1v) is 6.60. The van der Waals surface area contributed by atoms with Crippen molar-refractivity contribution in [2.75, 3.05) is 44.4 Å². The van der Waals surface area contributed by atoms with Gasteiger partial charge in [0.2, 0.25) is 5.95 Å². The predicted octanol–water partition coefficient (Wildman–Crippen LogP) is 2.04. The van der Waals surface area contributed by atoms with E-state index in [9.17, 15) is 0 Å². The Balaban J connectivity index is 2.28. The summed E-state index contributed by atoms with van der Waals surface area (Å²) in [7, 11) is 4.12. The molecule has 19 heavy (non-hydrogen) atoms. The number of anilines is 2. The highest BCUT2D eigenvalue weighted by Crippen LogP contribution is 2.21. The number of rotatable bonds is 6. The van der Waals surface area contributed by atoms with Crippen LogP contribution < -0.4 is 10.6 Å². The van der Waals surface area contributed by atoms with Gasteiger partial charge in [-0.15, -0.1) is 0 Å². The molecule has 0 saturated carbocycles. The summed E-state index contributed by atoms with van der Waals surface area (Å²) in [5.74, 6) is 1.57. The SMILES string of the molecule is CCNc1nc(NCCN(C)C)c2ccccc2n1. The third-order valence-corrected chi connectivity index (χ3v) is 2.79. The van der Waals surface area contributed by atoms with Gasteiger partial charge in [-0.2, -0.15) is 4.98 Å². The Kier molecular flexibility index (Phi) is 4.52. The van der Waals surface area contributed by atoms with Gasteiger partial charge in [-0.05, 0) is 33.2 Å². The summed E-state index contributed by atoms with van der Waals surface area (Å²) < 4.78 is 0. The lowest BCUT2D eigenvalue weighted by atomic mass is 10.2. The molecule has 1 aromatic heterocycles. The van der Waals surface area contributed by atoms with Crippen LogP contribution >= 0.6 is 0 Å². The lowest BCUT2D eigenvalue weighted by Gasteiger charge is -2.13. The third-order valence-electron chi connectivity index (χ3n) is 2.79. The van der Waals surface area contributed by atoms with E-state index in [1.165, 1.54) is 0 Å². The molecular weight excluding hydrogens is 238 g/mol. The number of para-hydroxylation sites is 1. The third kappa shape index (κ3) is 3.54. The molecule has 0 bridgehead atoms. The van der Waals surface area contributed by atoms with Gasteiger partial charge < -0.3 is 15.5 Å². The Hall–Kier alpha value is -1.88. The number of likely N-dealkylation sites (N-methyl/N-ethyl adjacent to an activating group) is 1. The fourth-order valence-electron chi connectivity index (χ4n) is 1.85. The second-order valence-corrected chi connectivity index (χ2v) is 4.67. The zero-order chi connectivity index (χ0) is 13.7. The molecule has 0 amide bonds. The molecule has 5 nitrogen and oxygen atoms in total. The predicted molar refractivity (Wildman–Crippen MR) is 80.7 cm³/mol. The zero-order valence-corrected chi connectivity index (χ0v) is 11.8. The molecule has 0 aliphatic carbocycles. The number of nitrogens with one attached hydrogen (secondary N) is 2. The molecule has 0 saturated heterocycles. The fourth-order valence-corrected chi connectivity index (χ4v) is 1.85. The van der Waals surface area contributed by atoms with E-state index in [0.29, 0.717) is 5.95 Å². The van der Waals surface area contributed by atoms with Crippen LogP contribution in [0.1, 0.15) is 6.92 Å². The first-order chi connectivity index (χ1) is 9.20. The zero-order valence-electron chi connectivity index (χ0n) is 11.8. The van der Waals surface area contributed by atoms with Crippen molar-refractivity contribution in [3.8, 4) is 0 Å². The Morgan fingerprint density at radius 1 is 1.11 bits per heavy atom. The van der Waals surface area contributed by atoms with Gasteiger partial charge in [-0.3, -0.25) is 0 Å². The molecular formula is C14H21N5. The van der Waals surface area contributed by atoms with Crippen LogP contribution in [0, 0.1) is 0 Å². The van der Waals surface area contributed by atoms with E-state index in [2.05, 4.69) is 39.6 Å². The number of hydrogen-bond donors (Lipinski definition) is 2. The molecule has 0 aliphatic rings. The van der Waals surface area contributed by atoms with Crippen molar-refractivity contribution in [2.45, 2.75) is 6.92 Å². The minimum atomic E-state index is 0.675. The summed E-state index contributed by atoms with van der Waals surface area (Å²) in [4.78, 5) is 11.2. The number of fused-ring (bicyclic) bond motifs is 1. The van der Waals surface area contributed by atoms with E-state index in [0.717, 1.165) is 36.4 Å². The first-order valence-electron chi connectivity index (χ1n) is 6.60. The lowest BCUT2D eigenvalue weighted by Crippen LogP contribution is -2.21. The van der Waals surface area contributed by atoms with E-state index in [-0.39, 0.29) is 0 Å². The monoisotopic (exact) mass is 259 g/mol. The average Bonchev–Trinajstić information content (AvgIpc) is 2.38. The molecule has 0 radical (unpaired) electrons. The lowest BCUT2D eigenvalue weighted by molar-refractivity contribution is 0.425. The van der Waals surface area contributed by atoms with Crippen LogP contribution in [0.2, 0.25) is 0 Å². The smallest absolute Gasteiger partial charge is 0.225 e. The summed E-state index contributed by atoms with van der Waals surface area (Å²) in [5.41, 5.74) is 0.959. The van der Waals surface area contributed by atoms with Crippen molar-refractivity contribution in [2.24, 2.45) is 0 Å². The molecule has 0 atom stereocenters. The Labute approximate surface area is 114 Å². The molecule has 0 unspecified atom stereocenters. The van der Waals surface area contributed by atoms with Crippen molar-refractivity contribution < 1.29 is 0 Å². The molecule has 2 N–H and O–H groups in total. The molecule has 0 aliphatic heterocycles. The second kappa shape index (κ2) is 6.33. The molecule has 102 valence electrons. The molecule has 0 spiro atoms. The van der Waals surface area contributed by atoms with Gasteiger partial charge in [0.15, 0.2) is 0 Å². The summed E-state index contributed by atoms with van der Waals surface area (Å²) in [5, 5.41) is 7.61. The maximum Gasteiger partial charge on any atom is 0.225 e. The number of benzene rings is 1. The van der Waals surface area contributed by atoms with Gasteiger partial charge in [0.05, 0.1) is 5.52 Å². The van der Waals surface area contributed by atoms with E-state index in [1.807, 2.05) is 31.2 Å². The van der Waals surface area contributed by atoms with Gasteiger partial charge in [0.1, 0.15) is 5.82 Å². The van der Waals surface area contributed by atoms with E-state index >= 15 is 0 Å². The van der Waals surface area contributed by atoms with E-state index in [1.54, 1.807) is 0 Å². The molecule has 0 fully saturated rings. The maximum absolute atomic E-state index is 4.54. The van der Waals surface area contributed by atoms with Crippen molar-refractivity contribution in [3.05, 3.63) is 24.3 Å². The normalized spacial score (nSPS) is 10.9. The van der Waals surface area contributed by atoms with Gasteiger partial charge in [0, 0.05) is 25.0 Å². The van der Waals surface area contributed by atoms with Crippen molar-refractivity contribution in [1.29, 1.82) is 0 Å². The van der Waals surface area contributed by atoms with Crippen LogP contribution in [0.5, 0.6) is 0 Å². The minimum absolute atomic E-state index is 0.675. The quantitative estimate of drug-likeness (QED) is 0.831. The van der Waals surface area contributed by atoms with Crippen molar-refractivity contribution >= 4 is 22.7 Å². The van der Waals surface area contributed by atoms with Crippen LogP contribution in [0.3, 0.4) is 0 Å². The van der Waals surface area contributed by atoms with E-state index < -0.39 is 0 Å². The highest BCUT2D eigenvalue weighted by molar-refractivity contribution is 5.89. The van der Waals surface area contributed by atoms with Crippen LogP contribution in [0.15, 0.2) is 24.3 Å². The van der Waals surface area contributed by atoms with Crippen LogP contribution in [-0.2, 0) is 0 Å². The topological polar surface area (TPSA) is 53.1 Å². The average molecular weight is 259 g/mol. The maximum atomic E-state index is 4.54. The molecule has 1 heterocycles. The fraction of sp³-hybridized carbons (Fsp3) is 0.429. The molecule has 2 aromatic rings. The van der Waals surface area contributed by atoms with Gasteiger partial charge in [-0.1, -0.05) is 12.1 Å². The summed E-state index contributed by atoms with van der Waals surface area (Å²) in [6.45, 7) is 4.68. The second-order valence-electron chi connectivity index (χ2n) is 4.67. The van der Waals surface area contributed by atoms with Crippen LogP contribution in [-0.4, -0.2) is 48.6 Å². The first kappa shape index (κ1) is 13.5. The van der Waals surface area contributed by atoms with Crippen molar-refractivity contribution in [3.63, 3.8) is 0 Å². The van der Waals surface area contributed by atoms with E-state index in [4.69, 9.17) is 0 Å². The largest absolute Gasteiger partial charge is 0.368 e. The molecule has 1 aromatic carbocycles. The molecule has 2 rings (SSSR count). The van der Waals surface area contributed by atoms with Gasteiger partial charge >= 0.3 is 0 Å². The van der Waals surface area contributed by atoms with Crippen molar-refractivity contribution in [1.82, 2.24) is 14.9 Å². The Morgan fingerprint density at radius 3 is 2.63 bits per heavy atom. The standard InChI is InChI=1S/C14H21N5/c1-4-15-14-17-12-8-6-5-7-11(12)13(18-14)16-9-10-19(2)3/h5-8H,4,9-10H2,1-3H3,(H2,15,16,17,18). The number of nitrogens with zero attached hydrogens (tertiary/aromatic N) is 3. The number of aromatic nitrogens is 2. The van der Waals surface area contributed by atoms with Gasteiger partial charge in [0.25, 0.3) is 0 Å².